The lowest BCUT2D eigenvalue weighted by Gasteiger charge is -2.15. The quantitative estimate of drug-likeness (QED) is 0.605. The fourth-order valence-corrected chi connectivity index (χ4v) is 2.38. The summed E-state index contributed by atoms with van der Waals surface area (Å²) in [6, 6.07) is 9.01. The molecule has 0 bridgehead atoms. The van der Waals surface area contributed by atoms with Crippen molar-refractivity contribution in [1.29, 1.82) is 0 Å². The number of hydrogen-bond donors (Lipinski definition) is 0. The van der Waals surface area contributed by atoms with Crippen LogP contribution in [0.15, 0.2) is 42.7 Å². The maximum absolute atomic E-state index is 12.0. The molecule has 0 aliphatic carbocycles. The third-order valence-electron chi connectivity index (χ3n) is 3.71. The number of carbonyl (C=O) groups is 1. The Labute approximate surface area is 135 Å². The molecule has 0 spiro atoms. The first-order chi connectivity index (χ1) is 11.2. The van der Waals surface area contributed by atoms with Crippen LogP contribution in [0.1, 0.15) is 19.8 Å². The van der Waals surface area contributed by atoms with E-state index in [4.69, 9.17) is 14.2 Å². The Morgan fingerprint density at radius 1 is 1.43 bits per heavy atom. The smallest absolute Gasteiger partial charge is 0.340 e. The van der Waals surface area contributed by atoms with Gasteiger partial charge in [-0.15, -0.1) is 0 Å². The second-order valence-electron chi connectivity index (χ2n) is 5.48. The first-order valence-electron chi connectivity index (χ1n) is 7.77. The molecular weight excluding hydrogens is 296 g/mol. The van der Waals surface area contributed by atoms with Crippen LogP contribution in [0.4, 0.5) is 0 Å². The van der Waals surface area contributed by atoms with E-state index in [-0.39, 0.29) is 6.10 Å². The maximum Gasteiger partial charge on any atom is 0.340 e. The van der Waals surface area contributed by atoms with Crippen molar-refractivity contribution in [3.8, 4) is 11.4 Å². The second-order valence-corrected chi connectivity index (χ2v) is 5.48. The highest BCUT2D eigenvalue weighted by Gasteiger charge is 2.21. The molecule has 0 radical (unpaired) electrons. The number of aromatic nitrogens is 2. The van der Waals surface area contributed by atoms with Gasteiger partial charge in [0.15, 0.2) is 6.10 Å². The standard InChI is InChI=1S/C17H20N2O4/c1-13(22-12-16-4-2-11-21-16)17(20)23-15-7-5-14(6-8-15)19-10-3-9-18-19/h3,5-10,13,16H,2,4,11-12H2,1H3/t13-,16+/m1/s1. The number of ether oxygens (including phenoxy) is 3. The van der Waals surface area contributed by atoms with E-state index in [2.05, 4.69) is 5.10 Å². The van der Waals surface area contributed by atoms with E-state index in [1.165, 1.54) is 0 Å². The molecule has 1 aliphatic rings. The Bertz CT molecular complexity index is 619. The Hall–Kier alpha value is -2.18. The molecular formula is C17H20N2O4. The minimum atomic E-state index is -0.620. The number of benzene rings is 1. The predicted octanol–water partition coefficient (Wildman–Crippen LogP) is 2.36. The summed E-state index contributed by atoms with van der Waals surface area (Å²) in [7, 11) is 0. The van der Waals surface area contributed by atoms with Crippen molar-refractivity contribution < 1.29 is 19.0 Å². The van der Waals surface area contributed by atoms with Gasteiger partial charge in [-0.05, 0) is 50.1 Å². The molecule has 23 heavy (non-hydrogen) atoms. The minimum Gasteiger partial charge on any atom is -0.425 e. The lowest BCUT2D eigenvalue weighted by Crippen LogP contribution is -2.29. The van der Waals surface area contributed by atoms with Crippen LogP contribution in [0.3, 0.4) is 0 Å². The van der Waals surface area contributed by atoms with E-state index in [1.54, 1.807) is 29.9 Å². The molecule has 1 aromatic heterocycles. The van der Waals surface area contributed by atoms with Crippen LogP contribution in [0.25, 0.3) is 5.69 Å². The molecule has 122 valence electrons. The van der Waals surface area contributed by atoms with Crippen LogP contribution >= 0.6 is 0 Å². The van der Waals surface area contributed by atoms with Crippen LogP contribution in [-0.2, 0) is 14.3 Å². The first kappa shape index (κ1) is 15.7. The van der Waals surface area contributed by atoms with E-state index in [0.717, 1.165) is 25.1 Å². The summed E-state index contributed by atoms with van der Waals surface area (Å²) in [6.07, 6.45) is 5.07. The summed E-state index contributed by atoms with van der Waals surface area (Å²) >= 11 is 0. The largest absolute Gasteiger partial charge is 0.425 e. The fourth-order valence-electron chi connectivity index (χ4n) is 2.38. The van der Waals surface area contributed by atoms with Gasteiger partial charge in [0.05, 0.1) is 18.4 Å². The highest BCUT2D eigenvalue weighted by Crippen LogP contribution is 2.16. The van der Waals surface area contributed by atoms with Gasteiger partial charge < -0.3 is 14.2 Å². The summed E-state index contributed by atoms with van der Waals surface area (Å²) in [5.41, 5.74) is 0.900. The Morgan fingerprint density at radius 2 is 2.26 bits per heavy atom. The average Bonchev–Trinajstić information content (AvgIpc) is 3.26. The predicted molar refractivity (Wildman–Crippen MR) is 83.6 cm³/mol. The highest BCUT2D eigenvalue weighted by atomic mass is 16.6. The van der Waals surface area contributed by atoms with Crippen LogP contribution in [0.2, 0.25) is 0 Å². The first-order valence-corrected chi connectivity index (χ1v) is 7.77. The molecule has 2 heterocycles. The van der Waals surface area contributed by atoms with E-state index < -0.39 is 12.1 Å². The number of esters is 1. The van der Waals surface area contributed by atoms with Crippen molar-refractivity contribution in [2.24, 2.45) is 0 Å². The molecule has 1 fully saturated rings. The van der Waals surface area contributed by atoms with E-state index in [0.29, 0.717) is 12.4 Å². The number of carbonyl (C=O) groups excluding carboxylic acids is 1. The minimum absolute atomic E-state index is 0.0959. The van der Waals surface area contributed by atoms with Gasteiger partial charge in [0.25, 0.3) is 0 Å². The van der Waals surface area contributed by atoms with Gasteiger partial charge in [0.2, 0.25) is 0 Å². The fraction of sp³-hybridized carbons (Fsp3) is 0.412. The molecule has 2 atom stereocenters. The van der Waals surface area contributed by atoms with Crippen LogP contribution in [0.5, 0.6) is 5.75 Å². The van der Waals surface area contributed by atoms with Gasteiger partial charge >= 0.3 is 5.97 Å². The van der Waals surface area contributed by atoms with Gasteiger partial charge in [-0.25, -0.2) is 9.48 Å². The molecule has 1 aromatic carbocycles. The molecule has 6 heteroatoms. The van der Waals surface area contributed by atoms with Crippen molar-refractivity contribution in [1.82, 2.24) is 9.78 Å². The highest BCUT2D eigenvalue weighted by molar-refractivity contribution is 5.76. The molecule has 1 aliphatic heterocycles. The Morgan fingerprint density at radius 3 is 2.91 bits per heavy atom. The van der Waals surface area contributed by atoms with Crippen molar-refractivity contribution >= 4 is 5.97 Å². The molecule has 1 saturated heterocycles. The zero-order valence-corrected chi connectivity index (χ0v) is 13.1. The zero-order chi connectivity index (χ0) is 16.1. The Kier molecular flexibility index (Phi) is 5.05. The SMILES string of the molecule is C[C@@H](OC[C@@H]1CCCO1)C(=O)Oc1ccc(-n2cccn2)cc1. The van der Waals surface area contributed by atoms with Gasteiger partial charge in [0, 0.05) is 19.0 Å². The maximum atomic E-state index is 12.0. The summed E-state index contributed by atoms with van der Waals surface area (Å²) < 4.78 is 18.1. The Balaban J connectivity index is 1.50. The third-order valence-corrected chi connectivity index (χ3v) is 3.71. The number of hydrogen-bond acceptors (Lipinski definition) is 5. The average molecular weight is 316 g/mol. The van der Waals surface area contributed by atoms with Crippen LogP contribution < -0.4 is 4.74 Å². The lowest BCUT2D eigenvalue weighted by atomic mass is 10.2. The number of rotatable bonds is 6. The van der Waals surface area contributed by atoms with Crippen LogP contribution in [-0.4, -0.2) is 41.2 Å². The van der Waals surface area contributed by atoms with Crippen molar-refractivity contribution in [2.75, 3.05) is 13.2 Å². The summed E-state index contributed by atoms with van der Waals surface area (Å²) in [5, 5.41) is 4.14. The zero-order valence-electron chi connectivity index (χ0n) is 13.1. The molecule has 0 unspecified atom stereocenters. The molecule has 6 nitrogen and oxygen atoms in total. The number of nitrogens with zero attached hydrogens (tertiary/aromatic N) is 2. The van der Waals surface area contributed by atoms with E-state index >= 15 is 0 Å². The van der Waals surface area contributed by atoms with E-state index in [1.807, 2.05) is 24.4 Å². The van der Waals surface area contributed by atoms with Gasteiger partial charge in [-0.2, -0.15) is 5.10 Å². The van der Waals surface area contributed by atoms with Crippen molar-refractivity contribution in [2.45, 2.75) is 32.0 Å². The summed E-state index contributed by atoms with van der Waals surface area (Å²) in [4.78, 5) is 12.0. The van der Waals surface area contributed by atoms with Gasteiger partial charge in [-0.1, -0.05) is 0 Å². The topological polar surface area (TPSA) is 62.6 Å². The molecule has 2 aromatic rings. The molecule has 3 rings (SSSR count). The van der Waals surface area contributed by atoms with Crippen molar-refractivity contribution in [3.05, 3.63) is 42.7 Å². The van der Waals surface area contributed by atoms with Crippen LogP contribution in [0, 0.1) is 0 Å². The molecule has 0 N–H and O–H groups in total. The molecule has 0 saturated carbocycles. The summed E-state index contributed by atoms with van der Waals surface area (Å²) in [6.45, 7) is 2.89. The second kappa shape index (κ2) is 7.39. The van der Waals surface area contributed by atoms with Crippen molar-refractivity contribution in [3.63, 3.8) is 0 Å². The monoisotopic (exact) mass is 316 g/mol. The normalized spacial score (nSPS) is 18.7. The molecule has 0 amide bonds. The van der Waals surface area contributed by atoms with Gasteiger partial charge in [0.1, 0.15) is 5.75 Å². The summed E-state index contributed by atoms with van der Waals surface area (Å²) in [5.74, 6) is 0.0771. The van der Waals surface area contributed by atoms with Gasteiger partial charge in [-0.3, -0.25) is 0 Å². The lowest BCUT2D eigenvalue weighted by molar-refractivity contribution is -0.148. The van der Waals surface area contributed by atoms with E-state index in [9.17, 15) is 4.79 Å². The third kappa shape index (κ3) is 4.18.